The summed E-state index contributed by atoms with van der Waals surface area (Å²) in [4.78, 5) is 10.3. The van der Waals surface area contributed by atoms with Crippen molar-refractivity contribution in [3.05, 3.63) is 69.8 Å². The van der Waals surface area contributed by atoms with E-state index in [1.165, 1.54) is 12.1 Å². The number of non-ortho nitro benzene ring substituents is 1. The van der Waals surface area contributed by atoms with Crippen LogP contribution >= 0.6 is 0 Å². The van der Waals surface area contributed by atoms with Crippen molar-refractivity contribution in [2.24, 2.45) is 0 Å². The number of rotatable bonds is 6. The number of hydrogen-bond donors (Lipinski definition) is 2. The summed E-state index contributed by atoms with van der Waals surface area (Å²) in [5, 5.41) is 23.5. The van der Waals surface area contributed by atoms with Crippen molar-refractivity contribution in [1.82, 2.24) is 0 Å². The molecular weight excluding hydrogens is 268 g/mol. The highest BCUT2D eigenvalue weighted by Gasteiger charge is 2.12. The minimum atomic E-state index is -0.412. The van der Waals surface area contributed by atoms with Crippen molar-refractivity contribution in [3.8, 4) is 0 Å². The average Bonchev–Trinajstić information content (AvgIpc) is 2.49. The maximum Gasteiger partial charge on any atom is 0.269 e. The average molecular weight is 286 g/mol. The van der Waals surface area contributed by atoms with Crippen LogP contribution in [-0.2, 0) is 6.42 Å². The molecule has 21 heavy (non-hydrogen) atoms. The first-order valence-corrected chi connectivity index (χ1v) is 6.76. The van der Waals surface area contributed by atoms with Gasteiger partial charge in [-0.05, 0) is 30.5 Å². The van der Waals surface area contributed by atoms with Crippen LogP contribution in [0.4, 0.5) is 11.4 Å². The lowest BCUT2D eigenvalue weighted by molar-refractivity contribution is -0.384. The molecule has 0 fully saturated rings. The Labute approximate surface area is 123 Å². The molecular formula is C16H18N2O3. The van der Waals surface area contributed by atoms with E-state index in [0.717, 1.165) is 16.8 Å². The smallest absolute Gasteiger partial charge is 0.269 e. The molecule has 0 amide bonds. The van der Waals surface area contributed by atoms with Crippen LogP contribution in [-0.4, -0.2) is 22.7 Å². The van der Waals surface area contributed by atoms with Gasteiger partial charge in [-0.25, -0.2) is 0 Å². The highest BCUT2D eigenvalue weighted by atomic mass is 16.6. The van der Waals surface area contributed by atoms with Gasteiger partial charge in [-0.2, -0.15) is 0 Å². The summed E-state index contributed by atoms with van der Waals surface area (Å²) in [5.74, 6) is 0. The molecule has 0 radical (unpaired) electrons. The molecule has 0 aliphatic rings. The van der Waals surface area contributed by atoms with Gasteiger partial charge in [0.25, 0.3) is 5.69 Å². The molecule has 0 heterocycles. The number of nitro benzene ring substituents is 1. The van der Waals surface area contributed by atoms with Crippen molar-refractivity contribution in [3.63, 3.8) is 0 Å². The van der Waals surface area contributed by atoms with Crippen molar-refractivity contribution >= 4 is 11.4 Å². The third-order valence-electron chi connectivity index (χ3n) is 3.33. The molecule has 0 aliphatic carbocycles. The molecule has 5 heteroatoms. The normalized spacial score (nSPS) is 11.9. The fourth-order valence-corrected chi connectivity index (χ4v) is 2.20. The summed E-state index contributed by atoms with van der Waals surface area (Å²) in [6.07, 6.45) is 0.688. The monoisotopic (exact) mass is 286 g/mol. The van der Waals surface area contributed by atoms with E-state index in [4.69, 9.17) is 0 Å². The van der Waals surface area contributed by atoms with Gasteiger partial charge in [-0.1, -0.05) is 30.3 Å². The molecule has 110 valence electrons. The molecule has 5 nitrogen and oxygen atoms in total. The van der Waals surface area contributed by atoms with Gasteiger partial charge in [0.2, 0.25) is 0 Å². The van der Waals surface area contributed by atoms with Gasteiger partial charge in [0.15, 0.2) is 0 Å². The van der Waals surface area contributed by atoms with Crippen LogP contribution in [0.2, 0.25) is 0 Å². The Hall–Kier alpha value is -2.40. The summed E-state index contributed by atoms with van der Waals surface area (Å²) in [6, 6.07) is 14.4. The minimum Gasteiger partial charge on any atom is -0.394 e. The zero-order chi connectivity index (χ0) is 15.2. The van der Waals surface area contributed by atoms with E-state index < -0.39 is 4.92 Å². The Morgan fingerprint density at radius 1 is 1.24 bits per heavy atom. The number of nitrogens with one attached hydrogen (secondary N) is 1. The van der Waals surface area contributed by atoms with Gasteiger partial charge in [-0.15, -0.1) is 0 Å². The highest BCUT2D eigenvalue weighted by Crippen LogP contribution is 2.22. The second-order valence-electron chi connectivity index (χ2n) is 4.97. The largest absolute Gasteiger partial charge is 0.394 e. The lowest BCUT2D eigenvalue weighted by Gasteiger charge is -2.19. The fourth-order valence-electron chi connectivity index (χ4n) is 2.20. The summed E-state index contributed by atoms with van der Waals surface area (Å²) in [6.45, 7) is 1.80. The number of aliphatic hydroxyl groups excluding tert-OH is 1. The number of aliphatic hydroxyl groups is 1. The Morgan fingerprint density at radius 2 is 1.95 bits per heavy atom. The molecule has 1 unspecified atom stereocenters. The Bertz CT molecular complexity index is 614. The van der Waals surface area contributed by atoms with Crippen molar-refractivity contribution in [2.45, 2.75) is 19.4 Å². The Morgan fingerprint density at radius 3 is 2.52 bits per heavy atom. The van der Waals surface area contributed by atoms with E-state index in [0.29, 0.717) is 6.42 Å². The molecule has 0 aromatic heterocycles. The summed E-state index contributed by atoms with van der Waals surface area (Å²) >= 11 is 0. The standard InChI is InChI=1S/C16H18N2O3/c1-12-9-15(18(20)21)7-8-16(12)17-14(11-19)10-13-5-3-2-4-6-13/h2-9,14,17,19H,10-11H2,1H3. The zero-order valence-corrected chi connectivity index (χ0v) is 11.8. The topological polar surface area (TPSA) is 75.4 Å². The Kier molecular flexibility index (Phi) is 4.90. The zero-order valence-electron chi connectivity index (χ0n) is 11.8. The van der Waals surface area contributed by atoms with Crippen LogP contribution in [0.25, 0.3) is 0 Å². The molecule has 0 spiro atoms. The quantitative estimate of drug-likeness (QED) is 0.632. The number of nitrogens with zero attached hydrogens (tertiary/aromatic N) is 1. The first-order chi connectivity index (χ1) is 10.1. The summed E-state index contributed by atoms with van der Waals surface area (Å²) in [7, 11) is 0. The van der Waals surface area contributed by atoms with E-state index in [1.807, 2.05) is 37.3 Å². The first kappa shape index (κ1) is 15.0. The van der Waals surface area contributed by atoms with Gasteiger partial charge in [-0.3, -0.25) is 10.1 Å². The number of hydrogen-bond acceptors (Lipinski definition) is 4. The number of nitro groups is 1. The predicted octanol–water partition coefficient (Wildman–Crippen LogP) is 2.92. The second-order valence-corrected chi connectivity index (χ2v) is 4.97. The van der Waals surface area contributed by atoms with Crippen molar-refractivity contribution in [2.75, 3.05) is 11.9 Å². The molecule has 0 saturated carbocycles. The SMILES string of the molecule is Cc1cc([N+](=O)[O-])ccc1NC(CO)Cc1ccccc1. The van der Waals surface area contributed by atoms with E-state index >= 15 is 0 Å². The molecule has 2 rings (SSSR count). The third-order valence-corrected chi connectivity index (χ3v) is 3.33. The van der Waals surface area contributed by atoms with Crippen LogP contribution in [0.15, 0.2) is 48.5 Å². The van der Waals surface area contributed by atoms with Gasteiger partial charge in [0.05, 0.1) is 17.6 Å². The van der Waals surface area contributed by atoms with Crippen LogP contribution in [0.1, 0.15) is 11.1 Å². The number of benzene rings is 2. The fraction of sp³-hybridized carbons (Fsp3) is 0.250. The first-order valence-electron chi connectivity index (χ1n) is 6.76. The van der Waals surface area contributed by atoms with Crippen LogP contribution in [0.3, 0.4) is 0 Å². The van der Waals surface area contributed by atoms with Crippen LogP contribution in [0, 0.1) is 17.0 Å². The molecule has 0 aliphatic heterocycles. The molecule has 0 bridgehead atoms. The molecule has 2 aromatic carbocycles. The maximum absolute atomic E-state index is 10.7. The van der Waals surface area contributed by atoms with Crippen LogP contribution in [0.5, 0.6) is 0 Å². The maximum atomic E-state index is 10.7. The van der Waals surface area contributed by atoms with Crippen molar-refractivity contribution < 1.29 is 10.0 Å². The van der Waals surface area contributed by atoms with Gasteiger partial charge >= 0.3 is 0 Å². The minimum absolute atomic E-state index is 0.00861. The summed E-state index contributed by atoms with van der Waals surface area (Å²) in [5.41, 5.74) is 2.79. The highest BCUT2D eigenvalue weighted by molar-refractivity contribution is 5.56. The lowest BCUT2D eigenvalue weighted by atomic mass is 10.1. The number of anilines is 1. The predicted molar refractivity (Wildman–Crippen MR) is 82.5 cm³/mol. The number of aryl methyl sites for hydroxylation is 1. The Balaban J connectivity index is 2.10. The second kappa shape index (κ2) is 6.85. The van der Waals surface area contributed by atoms with E-state index in [2.05, 4.69) is 5.32 Å². The van der Waals surface area contributed by atoms with Crippen LogP contribution < -0.4 is 5.32 Å². The molecule has 0 saturated heterocycles. The third kappa shape index (κ3) is 4.03. The van der Waals surface area contributed by atoms with Gasteiger partial charge in [0, 0.05) is 17.8 Å². The lowest BCUT2D eigenvalue weighted by Crippen LogP contribution is -2.26. The van der Waals surface area contributed by atoms with E-state index in [1.54, 1.807) is 6.07 Å². The molecule has 1 atom stereocenters. The van der Waals surface area contributed by atoms with E-state index in [-0.39, 0.29) is 18.3 Å². The molecule has 2 N–H and O–H groups in total. The van der Waals surface area contributed by atoms with E-state index in [9.17, 15) is 15.2 Å². The van der Waals surface area contributed by atoms with Gasteiger partial charge in [0.1, 0.15) is 0 Å². The van der Waals surface area contributed by atoms with Crippen molar-refractivity contribution in [1.29, 1.82) is 0 Å². The van der Waals surface area contributed by atoms with Gasteiger partial charge < -0.3 is 10.4 Å². The summed E-state index contributed by atoms with van der Waals surface area (Å²) < 4.78 is 0. The molecule has 2 aromatic rings.